The number of nitrogens with one attached hydrogen (secondary N) is 1. The van der Waals surface area contributed by atoms with Crippen LogP contribution in [0.25, 0.3) is 0 Å². The lowest BCUT2D eigenvalue weighted by Gasteiger charge is -2.01. The maximum atomic E-state index is 10.6. The molecule has 0 aliphatic rings. The van der Waals surface area contributed by atoms with E-state index in [1.165, 1.54) is 5.48 Å². The maximum Gasteiger partial charge on any atom is 0.332 e. The predicted octanol–water partition coefficient (Wildman–Crippen LogP) is -1.37. The van der Waals surface area contributed by atoms with E-state index in [9.17, 15) is 14.2 Å². The van der Waals surface area contributed by atoms with Crippen LogP contribution in [0.4, 0.5) is 0 Å². The lowest BCUT2D eigenvalue weighted by atomic mass is 10.3. The number of carbonyl (C=O) groups excluding carboxylic acids is 2. The highest BCUT2D eigenvalue weighted by Crippen LogP contribution is 2.33. The molecule has 0 saturated carbocycles. The van der Waals surface area contributed by atoms with Crippen LogP contribution in [0.2, 0.25) is 0 Å². The highest BCUT2D eigenvalue weighted by molar-refractivity contribution is 7.52. The first-order chi connectivity index (χ1) is 5.35. The zero-order valence-electron chi connectivity index (χ0n) is 5.93. The Hall–Kier alpha value is -0.750. The third-order valence-electron chi connectivity index (χ3n) is 0.865. The Morgan fingerprint density at radius 1 is 1.33 bits per heavy atom. The topological polar surface area (TPSA) is 124 Å². The highest BCUT2D eigenvalue weighted by Gasteiger charge is 2.20. The molecule has 7 nitrogen and oxygen atoms in total. The Morgan fingerprint density at radius 3 is 2.17 bits per heavy atom. The molecule has 0 aliphatic carbocycles. The van der Waals surface area contributed by atoms with Crippen molar-refractivity contribution in [2.75, 3.05) is 6.16 Å². The summed E-state index contributed by atoms with van der Waals surface area (Å²) >= 11 is 0. The van der Waals surface area contributed by atoms with Crippen molar-refractivity contribution in [3.05, 3.63) is 0 Å². The average Bonchev–Trinajstić information content (AvgIpc) is 1.82. The van der Waals surface area contributed by atoms with Crippen LogP contribution in [0.5, 0.6) is 0 Å². The van der Waals surface area contributed by atoms with Crippen molar-refractivity contribution in [2.45, 2.75) is 6.42 Å². The van der Waals surface area contributed by atoms with Gasteiger partial charge < -0.3 is 9.79 Å². The van der Waals surface area contributed by atoms with Gasteiger partial charge in [-0.3, -0.25) is 19.4 Å². The maximum absolute atomic E-state index is 10.6. The molecular formula is C4H8NO6P. The molecule has 0 atom stereocenters. The van der Waals surface area contributed by atoms with Crippen molar-refractivity contribution in [3.63, 3.8) is 0 Å². The fraction of sp³-hybridized carbons (Fsp3) is 0.500. The van der Waals surface area contributed by atoms with Crippen LogP contribution >= 0.6 is 7.60 Å². The van der Waals surface area contributed by atoms with Crippen LogP contribution in [0.1, 0.15) is 6.42 Å². The second-order valence-electron chi connectivity index (χ2n) is 2.07. The second kappa shape index (κ2) is 4.32. The number of rotatable bonds is 4. The smallest absolute Gasteiger partial charge is 0.324 e. The molecule has 12 heavy (non-hydrogen) atoms. The number of hydrogen-bond donors (Lipinski definition) is 4. The number of hydroxylamine groups is 1. The molecule has 0 fully saturated rings. The highest BCUT2D eigenvalue weighted by atomic mass is 31.2. The first-order valence-corrected chi connectivity index (χ1v) is 4.64. The molecule has 1 amide bonds. The van der Waals surface area contributed by atoms with Crippen LogP contribution < -0.4 is 5.48 Å². The third-order valence-corrected chi connectivity index (χ3v) is 1.63. The molecule has 0 bridgehead atoms. The molecule has 8 heteroatoms. The van der Waals surface area contributed by atoms with Crippen LogP contribution in [0.15, 0.2) is 0 Å². The van der Waals surface area contributed by atoms with Gasteiger partial charge in [0, 0.05) is 0 Å². The van der Waals surface area contributed by atoms with Crippen LogP contribution in [-0.2, 0) is 14.2 Å². The molecule has 0 unspecified atom stereocenters. The van der Waals surface area contributed by atoms with Gasteiger partial charge in [-0.1, -0.05) is 0 Å². The summed E-state index contributed by atoms with van der Waals surface area (Å²) in [7, 11) is -4.40. The van der Waals surface area contributed by atoms with E-state index in [2.05, 4.69) is 0 Å². The number of ketones is 1. The van der Waals surface area contributed by atoms with Gasteiger partial charge in [0.1, 0.15) is 6.16 Å². The second-order valence-corrected chi connectivity index (χ2v) is 3.72. The Labute approximate surface area is 67.5 Å². The minimum Gasteiger partial charge on any atom is -0.324 e. The predicted molar refractivity (Wildman–Crippen MR) is 36.5 cm³/mol. The number of Topliss-reactive ketones (excluding diaryl/α,β-unsaturated/α-hetero) is 1. The van der Waals surface area contributed by atoms with Crippen molar-refractivity contribution in [2.24, 2.45) is 0 Å². The molecule has 0 aromatic carbocycles. The standard InChI is InChI=1S/C4H8NO6P/c6-3(1-4(7)5-8)2-12(9,10)11/h8H,1-2H2,(H,5,7)(H2,9,10,11). The van der Waals surface area contributed by atoms with Gasteiger partial charge in [0.05, 0.1) is 6.42 Å². The summed E-state index contributed by atoms with van der Waals surface area (Å²) in [6.07, 6.45) is -1.72. The van der Waals surface area contributed by atoms with Crippen LogP contribution in [0.3, 0.4) is 0 Å². The minimum atomic E-state index is -4.40. The van der Waals surface area contributed by atoms with Crippen LogP contribution in [0, 0.1) is 0 Å². The van der Waals surface area contributed by atoms with Gasteiger partial charge in [0.2, 0.25) is 0 Å². The summed E-state index contributed by atoms with van der Waals surface area (Å²) in [5.41, 5.74) is 1.17. The van der Waals surface area contributed by atoms with Crippen molar-refractivity contribution < 1.29 is 29.1 Å². The fourth-order valence-electron chi connectivity index (χ4n) is 0.504. The largest absolute Gasteiger partial charge is 0.332 e. The van der Waals surface area contributed by atoms with Gasteiger partial charge in [-0.15, -0.1) is 0 Å². The molecule has 0 spiro atoms. The summed E-state index contributed by atoms with van der Waals surface area (Å²) in [6, 6.07) is 0. The molecule has 0 aromatic rings. The van der Waals surface area contributed by atoms with Crippen molar-refractivity contribution in [3.8, 4) is 0 Å². The monoisotopic (exact) mass is 197 g/mol. The molecule has 70 valence electrons. The Bertz CT molecular complexity index is 232. The van der Waals surface area contributed by atoms with Gasteiger partial charge >= 0.3 is 7.60 Å². The molecule has 0 aromatic heterocycles. The van der Waals surface area contributed by atoms with E-state index in [1.54, 1.807) is 0 Å². The van der Waals surface area contributed by atoms with Crippen molar-refractivity contribution in [1.29, 1.82) is 0 Å². The van der Waals surface area contributed by atoms with E-state index >= 15 is 0 Å². The normalized spacial score (nSPS) is 10.9. The van der Waals surface area contributed by atoms with Gasteiger partial charge in [-0.2, -0.15) is 0 Å². The van der Waals surface area contributed by atoms with E-state index in [0.29, 0.717) is 0 Å². The summed E-state index contributed by atoms with van der Waals surface area (Å²) in [6.45, 7) is 0. The Balaban J connectivity index is 3.92. The summed E-state index contributed by atoms with van der Waals surface area (Å²) in [5, 5.41) is 7.94. The molecule has 0 aliphatic heterocycles. The zero-order valence-corrected chi connectivity index (χ0v) is 6.82. The quantitative estimate of drug-likeness (QED) is 0.191. The number of hydrogen-bond acceptors (Lipinski definition) is 4. The van der Waals surface area contributed by atoms with E-state index in [1.807, 2.05) is 0 Å². The molecule has 0 heterocycles. The number of carbonyl (C=O) groups is 2. The molecule has 0 radical (unpaired) electrons. The summed E-state index contributed by atoms with van der Waals surface area (Å²) in [5.74, 6) is -1.91. The zero-order chi connectivity index (χ0) is 9.78. The van der Waals surface area contributed by atoms with Gasteiger partial charge in [-0.25, -0.2) is 5.48 Å². The Kier molecular flexibility index (Phi) is 4.05. The van der Waals surface area contributed by atoms with Crippen molar-refractivity contribution in [1.82, 2.24) is 5.48 Å². The fourth-order valence-corrected chi connectivity index (χ4v) is 1.08. The van der Waals surface area contributed by atoms with Crippen molar-refractivity contribution >= 4 is 19.3 Å². The van der Waals surface area contributed by atoms with Gasteiger partial charge in [0.15, 0.2) is 5.78 Å². The first-order valence-electron chi connectivity index (χ1n) is 2.84. The van der Waals surface area contributed by atoms with E-state index < -0.39 is 31.9 Å². The lowest BCUT2D eigenvalue weighted by molar-refractivity contribution is -0.133. The first kappa shape index (κ1) is 11.2. The third kappa shape index (κ3) is 5.99. The van der Waals surface area contributed by atoms with Crippen LogP contribution in [-0.4, -0.2) is 32.8 Å². The van der Waals surface area contributed by atoms with Gasteiger partial charge in [-0.05, 0) is 0 Å². The van der Waals surface area contributed by atoms with E-state index in [-0.39, 0.29) is 0 Å². The lowest BCUT2D eigenvalue weighted by Crippen LogP contribution is -2.23. The average molecular weight is 197 g/mol. The van der Waals surface area contributed by atoms with E-state index in [4.69, 9.17) is 15.0 Å². The van der Waals surface area contributed by atoms with Gasteiger partial charge in [0.25, 0.3) is 5.91 Å². The number of amides is 1. The molecular weight excluding hydrogens is 189 g/mol. The minimum absolute atomic E-state index is 0.735. The summed E-state index contributed by atoms with van der Waals surface area (Å²) < 4.78 is 10.2. The Morgan fingerprint density at radius 2 is 1.83 bits per heavy atom. The molecule has 0 rings (SSSR count). The molecule has 4 N–H and O–H groups in total. The molecule has 0 saturated heterocycles. The SMILES string of the molecule is O=C(CC(=O)NO)CP(=O)(O)O. The summed E-state index contributed by atoms with van der Waals surface area (Å²) in [4.78, 5) is 37.4. The van der Waals surface area contributed by atoms with E-state index in [0.717, 1.165) is 0 Å².